The Balaban J connectivity index is 2.13. The maximum Gasteiger partial charge on any atom is 0.00643 e. The Morgan fingerprint density at radius 2 is 1.71 bits per heavy atom. The van der Waals surface area contributed by atoms with Crippen LogP contribution in [0, 0.1) is 11.8 Å². The summed E-state index contributed by atoms with van der Waals surface area (Å²) in [5.41, 5.74) is 0. The summed E-state index contributed by atoms with van der Waals surface area (Å²) >= 11 is 0. The molecule has 0 radical (unpaired) electrons. The zero-order valence-electron chi connectivity index (χ0n) is 12.3. The molecule has 1 rings (SSSR count). The second-order valence-corrected chi connectivity index (χ2v) is 6.05. The molecule has 2 heteroatoms. The Morgan fingerprint density at radius 3 is 2.29 bits per heavy atom. The Hall–Kier alpha value is -0.0800. The van der Waals surface area contributed by atoms with E-state index in [0.29, 0.717) is 6.04 Å². The Kier molecular flexibility index (Phi) is 7.14. The molecule has 1 heterocycles. The van der Waals surface area contributed by atoms with Crippen molar-refractivity contribution in [3.05, 3.63) is 0 Å². The third kappa shape index (κ3) is 5.87. The molecular formula is C15H32N2. The third-order valence-electron chi connectivity index (χ3n) is 4.30. The highest BCUT2D eigenvalue weighted by Crippen LogP contribution is 2.11. The van der Waals surface area contributed by atoms with E-state index in [9.17, 15) is 0 Å². The van der Waals surface area contributed by atoms with Gasteiger partial charge >= 0.3 is 0 Å². The highest BCUT2D eigenvalue weighted by molar-refractivity contribution is 4.72. The van der Waals surface area contributed by atoms with Gasteiger partial charge in [-0.15, -0.1) is 0 Å². The molecule has 2 nitrogen and oxygen atoms in total. The van der Waals surface area contributed by atoms with E-state index < -0.39 is 0 Å². The zero-order chi connectivity index (χ0) is 12.7. The maximum absolute atomic E-state index is 3.70. The van der Waals surface area contributed by atoms with Crippen molar-refractivity contribution in [2.24, 2.45) is 11.8 Å². The van der Waals surface area contributed by atoms with Crippen LogP contribution >= 0.6 is 0 Å². The summed E-state index contributed by atoms with van der Waals surface area (Å²) in [6.45, 7) is 14.4. The van der Waals surface area contributed by atoms with Crippen LogP contribution in [0.4, 0.5) is 0 Å². The van der Waals surface area contributed by atoms with E-state index in [1.807, 2.05) is 0 Å². The fraction of sp³-hybridized carbons (Fsp3) is 1.00. The average Bonchev–Trinajstić information content (AvgIpc) is 2.36. The molecule has 1 aliphatic rings. The van der Waals surface area contributed by atoms with Crippen LogP contribution in [-0.4, -0.2) is 37.1 Å². The lowest BCUT2D eigenvalue weighted by Crippen LogP contribution is -2.40. The summed E-state index contributed by atoms with van der Waals surface area (Å²) in [5.74, 6) is 1.57. The SMILES string of the molecule is CCC(C)C(C)NCC(C)CN1CCCCC1. The van der Waals surface area contributed by atoms with Gasteiger partial charge in [0, 0.05) is 12.6 Å². The van der Waals surface area contributed by atoms with E-state index in [-0.39, 0.29) is 0 Å². The molecule has 3 atom stereocenters. The van der Waals surface area contributed by atoms with Gasteiger partial charge in [-0.3, -0.25) is 0 Å². The number of hydrogen-bond acceptors (Lipinski definition) is 2. The van der Waals surface area contributed by atoms with Gasteiger partial charge < -0.3 is 10.2 Å². The van der Waals surface area contributed by atoms with Crippen molar-refractivity contribution in [3.8, 4) is 0 Å². The van der Waals surface area contributed by atoms with E-state index in [1.165, 1.54) is 51.9 Å². The quantitative estimate of drug-likeness (QED) is 0.735. The molecule has 1 saturated heterocycles. The molecule has 0 spiro atoms. The zero-order valence-corrected chi connectivity index (χ0v) is 12.3. The molecule has 3 unspecified atom stereocenters. The summed E-state index contributed by atoms with van der Waals surface area (Å²) in [5, 5.41) is 3.70. The molecule has 0 aromatic heterocycles. The molecule has 0 aromatic carbocycles. The first-order valence-corrected chi connectivity index (χ1v) is 7.59. The van der Waals surface area contributed by atoms with Gasteiger partial charge in [0.05, 0.1) is 0 Å². The number of rotatable bonds is 7. The van der Waals surface area contributed by atoms with E-state index in [4.69, 9.17) is 0 Å². The van der Waals surface area contributed by atoms with Gasteiger partial charge in [-0.1, -0.05) is 33.6 Å². The predicted molar refractivity (Wildman–Crippen MR) is 76.4 cm³/mol. The molecule has 1 N–H and O–H groups in total. The van der Waals surface area contributed by atoms with Crippen molar-refractivity contribution >= 4 is 0 Å². The minimum absolute atomic E-state index is 0.656. The van der Waals surface area contributed by atoms with Crippen LogP contribution in [0.2, 0.25) is 0 Å². The van der Waals surface area contributed by atoms with Gasteiger partial charge in [-0.25, -0.2) is 0 Å². The van der Waals surface area contributed by atoms with Crippen LogP contribution in [0.15, 0.2) is 0 Å². The number of hydrogen-bond donors (Lipinski definition) is 1. The Bertz CT molecular complexity index is 187. The highest BCUT2D eigenvalue weighted by atomic mass is 15.1. The predicted octanol–water partition coefficient (Wildman–Crippen LogP) is 3.13. The summed E-state index contributed by atoms with van der Waals surface area (Å²) in [6, 6.07) is 0.656. The lowest BCUT2D eigenvalue weighted by atomic mass is 10.00. The van der Waals surface area contributed by atoms with Gasteiger partial charge in [0.25, 0.3) is 0 Å². The monoisotopic (exact) mass is 240 g/mol. The number of nitrogens with one attached hydrogen (secondary N) is 1. The molecule has 102 valence electrons. The second kappa shape index (κ2) is 8.10. The van der Waals surface area contributed by atoms with Crippen molar-refractivity contribution in [2.45, 2.75) is 59.4 Å². The van der Waals surface area contributed by atoms with Gasteiger partial charge in [0.1, 0.15) is 0 Å². The molecule has 17 heavy (non-hydrogen) atoms. The summed E-state index contributed by atoms with van der Waals surface area (Å²) in [7, 11) is 0. The van der Waals surface area contributed by atoms with E-state index in [2.05, 4.69) is 37.9 Å². The first-order chi connectivity index (χ1) is 8.13. The molecular weight excluding hydrogens is 208 g/mol. The second-order valence-electron chi connectivity index (χ2n) is 6.05. The first-order valence-electron chi connectivity index (χ1n) is 7.59. The number of likely N-dealkylation sites (tertiary alicyclic amines) is 1. The minimum atomic E-state index is 0.656. The van der Waals surface area contributed by atoms with Crippen LogP contribution in [0.25, 0.3) is 0 Å². The summed E-state index contributed by atoms with van der Waals surface area (Å²) < 4.78 is 0. The Morgan fingerprint density at radius 1 is 1.06 bits per heavy atom. The van der Waals surface area contributed by atoms with E-state index in [1.54, 1.807) is 0 Å². The number of piperidine rings is 1. The van der Waals surface area contributed by atoms with Crippen molar-refractivity contribution in [3.63, 3.8) is 0 Å². The van der Waals surface area contributed by atoms with Gasteiger partial charge in [0.15, 0.2) is 0 Å². The molecule has 1 aliphatic heterocycles. The van der Waals surface area contributed by atoms with Crippen LogP contribution in [0.5, 0.6) is 0 Å². The average molecular weight is 240 g/mol. The lowest BCUT2D eigenvalue weighted by Gasteiger charge is -2.30. The van der Waals surface area contributed by atoms with E-state index >= 15 is 0 Å². The molecule has 0 aromatic rings. The van der Waals surface area contributed by atoms with Crippen molar-refractivity contribution < 1.29 is 0 Å². The molecule has 0 saturated carbocycles. The van der Waals surface area contributed by atoms with Crippen LogP contribution in [0.3, 0.4) is 0 Å². The number of nitrogens with zero attached hydrogens (tertiary/aromatic N) is 1. The summed E-state index contributed by atoms with van der Waals surface area (Å²) in [4.78, 5) is 2.64. The standard InChI is InChI=1S/C15H32N2/c1-5-14(3)15(4)16-11-13(2)12-17-9-7-6-8-10-17/h13-16H,5-12H2,1-4H3. The van der Waals surface area contributed by atoms with Crippen LogP contribution < -0.4 is 5.32 Å². The van der Waals surface area contributed by atoms with Gasteiger partial charge in [0.2, 0.25) is 0 Å². The molecule has 0 amide bonds. The van der Waals surface area contributed by atoms with E-state index in [0.717, 1.165) is 11.8 Å². The first kappa shape index (κ1) is 15.0. The smallest absolute Gasteiger partial charge is 0.00643 e. The fourth-order valence-corrected chi connectivity index (χ4v) is 2.59. The topological polar surface area (TPSA) is 15.3 Å². The van der Waals surface area contributed by atoms with Crippen molar-refractivity contribution in [1.82, 2.24) is 10.2 Å². The largest absolute Gasteiger partial charge is 0.314 e. The van der Waals surface area contributed by atoms with Crippen LogP contribution in [-0.2, 0) is 0 Å². The van der Waals surface area contributed by atoms with Crippen LogP contribution in [0.1, 0.15) is 53.4 Å². The lowest BCUT2D eigenvalue weighted by molar-refractivity contribution is 0.195. The molecule has 1 fully saturated rings. The Labute approximate surface area is 108 Å². The summed E-state index contributed by atoms with van der Waals surface area (Å²) in [6.07, 6.45) is 5.52. The minimum Gasteiger partial charge on any atom is -0.314 e. The normalized spacial score (nSPS) is 23.3. The maximum atomic E-state index is 3.70. The van der Waals surface area contributed by atoms with Crippen molar-refractivity contribution in [2.75, 3.05) is 26.2 Å². The molecule has 0 aliphatic carbocycles. The fourth-order valence-electron chi connectivity index (χ4n) is 2.59. The van der Waals surface area contributed by atoms with Gasteiger partial charge in [-0.05, 0) is 51.2 Å². The highest BCUT2D eigenvalue weighted by Gasteiger charge is 2.15. The molecule has 0 bridgehead atoms. The van der Waals surface area contributed by atoms with Gasteiger partial charge in [-0.2, -0.15) is 0 Å². The third-order valence-corrected chi connectivity index (χ3v) is 4.30. The van der Waals surface area contributed by atoms with Crippen molar-refractivity contribution in [1.29, 1.82) is 0 Å².